The molecule has 2 aromatic heterocycles. The van der Waals surface area contributed by atoms with Gasteiger partial charge in [-0.3, -0.25) is 5.41 Å². The Kier molecular flexibility index (Phi) is 8.01. The highest BCUT2D eigenvalue weighted by atomic mass is 16.5. The van der Waals surface area contributed by atoms with Crippen LogP contribution in [0.1, 0.15) is 34.2 Å². The maximum absolute atomic E-state index is 9.13. The van der Waals surface area contributed by atoms with Crippen LogP contribution in [0.2, 0.25) is 0 Å². The molecule has 186 valence electrons. The lowest BCUT2D eigenvalue weighted by Crippen LogP contribution is -2.21. The molecule has 0 fully saturated rings. The zero-order valence-electron chi connectivity index (χ0n) is 21.5. The Hall–Kier alpha value is -4.12. The van der Waals surface area contributed by atoms with E-state index in [1.54, 1.807) is 7.11 Å². The molecule has 5 rings (SSSR count). The van der Waals surface area contributed by atoms with Gasteiger partial charge in [0.2, 0.25) is 0 Å². The van der Waals surface area contributed by atoms with E-state index in [9.17, 15) is 0 Å². The molecule has 0 bridgehead atoms. The maximum Gasteiger partial charge on any atom is 0.146 e. The van der Waals surface area contributed by atoms with E-state index in [0.29, 0.717) is 12.0 Å². The summed E-state index contributed by atoms with van der Waals surface area (Å²) in [5, 5.41) is 10.0. The summed E-state index contributed by atoms with van der Waals surface area (Å²) in [5.41, 5.74) is 6.79. The lowest BCUT2D eigenvalue weighted by atomic mass is 9.99. The number of fused-ring (bicyclic) bond motifs is 1. The quantitative estimate of drug-likeness (QED) is 0.264. The van der Waals surface area contributed by atoms with Crippen molar-refractivity contribution in [2.24, 2.45) is 0 Å². The van der Waals surface area contributed by atoms with E-state index in [2.05, 4.69) is 72.2 Å². The van der Waals surface area contributed by atoms with E-state index in [-0.39, 0.29) is 1.43 Å². The van der Waals surface area contributed by atoms with Gasteiger partial charge in [0.05, 0.1) is 24.5 Å². The van der Waals surface area contributed by atoms with Crippen molar-refractivity contribution >= 4 is 11.0 Å². The summed E-state index contributed by atoms with van der Waals surface area (Å²) in [6.07, 6.45) is 2.75. The van der Waals surface area contributed by atoms with Crippen LogP contribution in [0.15, 0.2) is 91.3 Å². The largest absolute Gasteiger partial charge is 0.497 e. The minimum atomic E-state index is 0. The fraction of sp³-hybridized carbons (Fsp3) is 0.226. The summed E-state index contributed by atoms with van der Waals surface area (Å²) in [6, 6.07) is 28.9. The SMILES string of the molecule is CC.CCCn1cnc2c(c(-c3ccccc3)c(-c3ccccc3)n2Cc2ccc(OC)cc2)c1=N.[HH]. The fourth-order valence-electron chi connectivity index (χ4n) is 4.55. The summed E-state index contributed by atoms with van der Waals surface area (Å²) in [5.74, 6) is 0.835. The second-order valence-corrected chi connectivity index (χ2v) is 8.38. The molecule has 36 heavy (non-hydrogen) atoms. The van der Waals surface area contributed by atoms with Crippen molar-refractivity contribution in [2.75, 3.05) is 7.11 Å². The molecule has 0 aliphatic carbocycles. The second-order valence-electron chi connectivity index (χ2n) is 8.38. The monoisotopic (exact) mass is 480 g/mol. The third kappa shape index (κ3) is 4.82. The van der Waals surface area contributed by atoms with E-state index in [0.717, 1.165) is 57.7 Å². The number of aromatic nitrogens is 3. The van der Waals surface area contributed by atoms with Crippen LogP contribution in [0.3, 0.4) is 0 Å². The highest BCUT2D eigenvalue weighted by molar-refractivity contribution is 6.02. The Morgan fingerprint density at radius 3 is 2.06 bits per heavy atom. The Bertz CT molecular complexity index is 1470. The number of nitrogens with zero attached hydrogens (tertiary/aromatic N) is 3. The van der Waals surface area contributed by atoms with Gasteiger partial charge in [-0.2, -0.15) is 0 Å². The first-order valence-electron chi connectivity index (χ1n) is 12.6. The van der Waals surface area contributed by atoms with E-state index >= 15 is 0 Å². The molecule has 3 aromatic carbocycles. The van der Waals surface area contributed by atoms with Crippen LogP contribution in [-0.4, -0.2) is 21.2 Å². The minimum absolute atomic E-state index is 0. The molecule has 0 unspecified atom stereocenters. The van der Waals surface area contributed by atoms with Crippen molar-refractivity contribution < 1.29 is 6.16 Å². The zero-order chi connectivity index (χ0) is 25.5. The molecule has 0 amide bonds. The predicted octanol–water partition coefficient (Wildman–Crippen LogP) is 7.39. The van der Waals surface area contributed by atoms with Crippen LogP contribution in [-0.2, 0) is 13.1 Å². The van der Waals surface area contributed by atoms with Gasteiger partial charge in [0.25, 0.3) is 0 Å². The van der Waals surface area contributed by atoms with Gasteiger partial charge in [-0.25, -0.2) is 4.98 Å². The van der Waals surface area contributed by atoms with Gasteiger partial charge < -0.3 is 13.9 Å². The third-order valence-electron chi connectivity index (χ3n) is 6.15. The number of hydrogen-bond donors (Lipinski definition) is 1. The standard InChI is InChI=1S/C29H28N4O.C2H6.H2/c1-3-18-32-20-31-29-26(28(32)30)25(22-10-6-4-7-11-22)27(23-12-8-5-9-13-23)33(29)19-21-14-16-24(34-2)17-15-21;1-2;/h4-17,20,30H,3,18-19H2,1-2H3;1-2H3;1H. The summed E-state index contributed by atoms with van der Waals surface area (Å²) >= 11 is 0. The molecule has 0 saturated carbocycles. The summed E-state index contributed by atoms with van der Waals surface area (Å²) in [7, 11) is 1.68. The van der Waals surface area contributed by atoms with E-state index < -0.39 is 0 Å². The summed E-state index contributed by atoms with van der Waals surface area (Å²) in [4.78, 5) is 4.90. The highest BCUT2D eigenvalue weighted by Crippen LogP contribution is 2.39. The van der Waals surface area contributed by atoms with Gasteiger partial charge in [0.15, 0.2) is 0 Å². The maximum atomic E-state index is 9.13. The topological polar surface area (TPSA) is 55.8 Å². The Morgan fingerprint density at radius 2 is 1.47 bits per heavy atom. The minimum Gasteiger partial charge on any atom is -0.497 e. The Balaban J connectivity index is 0.00000124. The van der Waals surface area contributed by atoms with Crippen molar-refractivity contribution in [3.05, 3.63) is 102 Å². The number of ether oxygens (including phenoxy) is 1. The van der Waals surface area contributed by atoms with Crippen LogP contribution in [0, 0.1) is 5.41 Å². The Labute approximate surface area is 214 Å². The van der Waals surface area contributed by atoms with Crippen LogP contribution >= 0.6 is 0 Å². The molecule has 2 heterocycles. The van der Waals surface area contributed by atoms with Gasteiger partial charge >= 0.3 is 0 Å². The molecule has 0 aliphatic heterocycles. The van der Waals surface area contributed by atoms with Crippen molar-refractivity contribution in [1.29, 1.82) is 5.41 Å². The van der Waals surface area contributed by atoms with Crippen LogP contribution in [0.5, 0.6) is 5.75 Å². The normalized spacial score (nSPS) is 10.7. The molecule has 0 spiro atoms. The van der Waals surface area contributed by atoms with Crippen molar-refractivity contribution in [2.45, 2.75) is 40.3 Å². The molecule has 0 saturated heterocycles. The molecule has 0 atom stereocenters. The first-order chi connectivity index (χ1) is 17.7. The van der Waals surface area contributed by atoms with Gasteiger partial charge in [0.1, 0.15) is 16.9 Å². The third-order valence-corrected chi connectivity index (χ3v) is 6.15. The van der Waals surface area contributed by atoms with E-state index in [4.69, 9.17) is 15.1 Å². The first kappa shape index (κ1) is 25.0. The van der Waals surface area contributed by atoms with Crippen molar-refractivity contribution in [3.8, 4) is 28.1 Å². The lowest BCUT2D eigenvalue weighted by molar-refractivity contribution is 0.414. The number of benzene rings is 3. The van der Waals surface area contributed by atoms with E-state index in [1.165, 1.54) is 0 Å². The zero-order valence-corrected chi connectivity index (χ0v) is 21.5. The predicted molar refractivity (Wildman–Crippen MR) is 150 cm³/mol. The molecule has 1 N–H and O–H groups in total. The van der Waals surface area contributed by atoms with Gasteiger partial charge in [-0.1, -0.05) is 93.6 Å². The number of aryl methyl sites for hydroxylation is 1. The molecular formula is C31H36N4O. The molecular weight excluding hydrogens is 444 g/mol. The Morgan fingerprint density at radius 1 is 0.861 bits per heavy atom. The van der Waals surface area contributed by atoms with Crippen molar-refractivity contribution in [3.63, 3.8) is 0 Å². The summed E-state index contributed by atoms with van der Waals surface area (Å²) in [6.45, 7) is 7.53. The van der Waals surface area contributed by atoms with Crippen LogP contribution < -0.4 is 10.2 Å². The number of hydrogen-bond acceptors (Lipinski definition) is 3. The molecule has 0 aliphatic rings. The molecule has 5 nitrogen and oxygen atoms in total. The first-order valence-corrected chi connectivity index (χ1v) is 12.6. The van der Waals surface area contributed by atoms with Crippen LogP contribution in [0.25, 0.3) is 33.4 Å². The van der Waals surface area contributed by atoms with Gasteiger partial charge in [-0.15, -0.1) is 0 Å². The fourth-order valence-corrected chi connectivity index (χ4v) is 4.55. The molecule has 5 heteroatoms. The molecule has 0 radical (unpaired) electrons. The number of methoxy groups -OCH3 is 1. The average molecular weight is 481 g/mol. The average Bonchev–Trinajstić information content (AvgIpc) is 3.27. The summed E-state index contributed by atoms with van der Waals surface area (Å²) < 4.78 is 9.55. The second kappa shape index (κ2) is 11.5. The van der Waals surface area contributed by atoms with Gasteiger partial charge in [-0.05, 0) is 35.2 Å². The molecule has 5 aromatic rings. The lowest BCUT2D eigenvalue weighted by Gasteiger charge is -2.13. The van der Waals surface area contributed by atoms with Crippen LogP contribution in [0.4, 0.5) is 0 Å². The highest BCUT2D eigenvalue weighted by Gasteiger charge is 2.23. The van der Waals surface area contributed by atoms with Crippen molar-refractivity contribution in [1.82, 2.24) is 14.1 Å². The smallest absolute Gasteiger partial charge is 0.146 e. The number of rotatable bonds is 7. The van der Waals surface area contributed by atoms with E-state index in [1.807, 2.05) is 49.0 Å². The number of nitrogens with one attached hydrogen (secondary N) is 1. The van der Waals surface area contributed by atoms with Gasteiger partial charge in [0, 0.05) is 20.1 Å².